The second-order valence-electron chi connectivity index (χ2n) is 6.62. The van der Waals surface area contributed by atoms with Crippen molar-refractivity contribution in [3.63, 3.8) is 0 Å². The number of aliphatic imine (C=N–C) groups is 1. The summed E-state index contributed by atoms with van der Waals surface area (Å²) in [6.45, 7) is 7.02. The van der Waals surface area contributed by atoms with E-state index in [1.165, 1.54) is 6.07 Å². The van der Waals surface area contributed by atoms with Gasteiger partial charge >= 0.3 is 13.4 Å². The second-order valence-corrected chi connectivity index (χ2v) is 6.62. The number of aromatic nitrogens is 1. The molecule has 0 unspecified atom stereocenters. The Bertz CT molecular complexity index is 1030. The highest BCUT2D eigenvalue weighted by molar-refractivity contribution is 6.41. The van der Waals surface area contributed by atoms with Gasteiger partial charge in [-0.3, -0.25) is 13.6 Å². The van der Waals surface area contributed by atoms with Gasteiger partial charge in [0.15, 0.2) is 0 Å². The summed E-state index contributed by atoms with van der Waals surface area (Å²) in [4.78, 5) is 16.3. The summed E-state index contributed by atoms with van der Waals surface area (Å²) in [7, 11) is -2.75. The number of allylic oxidation sites excluding steroid dienone is 2. The van der Waals surface area contributed by atoms with Crippen LogP contribution in [0.1, 0.15) is 46.7 Å². The highest BCUT2D eigenvalue weighted by Crippen LogP contribution is 2.38. The lowest BCUT2D eigenvalue weighted by Gasteiger charge is -2.18. The first kappa shape index (κ1) is 18.8. The molecule has 4 nitrogen and oxygen atoms in total. The monoisotopic (exact) mass is 368 g/mol. The molecule has 0 saturated carbocycles. The van der Waals surface area contributed by atoms with Crippen LogP contribution in [0, 0.1) is 13.8 Å². The van der Waals surface area contributed by atoms with Crippen LogP contribution < -0.4 is 0 Å². The molecule has 0 fully saturated rings. The zero-order valence-electron chi connectivity index (χ0n) is 15.5. The van der Waals surface area contributed by atoms with Crippen LogP contribution in [-0.2, 0) is 0 Å². The van der Waals surface area contributed by atoms with E-state index in [0.717, 1.165) is 15.8 Å². The number of rotatable bonds is 4. The first-order valence-corrected chi connectivity index (χ1v) is 8.50. The quantitative estimate of drug-likeness (QED) is 0.792. The van der Waals surface area contributed by atoms with Crippen molar-refractivity contribution in [2.45, 2.75) is 27.7 Å². The van der Waals surface area contributed by atoms with Crippen molar-refractivity contribution in [1.82, 2.24) is 4.48 Å². The van der Waals surface area contributed by atoms with Crippen LogP contribution in [0.4, 0.5) is 8.63 Å². The number of benzene rings is 1. The summed E-state index contributed by atoms with van der Waals surface area (Å²) >= 11 is 0. The van der Waals surface area contributed by atoms with Crippen LogP contribution in [-0.4, -0.2) is 28.7 Å². The molecule has 1 aromatic heterocycles. The number of aromatic carboxylic acids is 1. The van der Waals surface area contributed by atoms with Crippen LogP contribution in [0.5, 0.6) is 0 Å². The predicted octanol–water partition coefficient (Wildman–Crippen LogP) is 4.76. The van der Waals surface area contributed by atoms with E-state index in [2.05, 4.69) is 4.99 Å². The highest BCUT2D eigenvalue weighted by Gasteiger charge is 2.30. The van der Waals surface area contributed by atoms with E-state index in [1.54, 1.807) is 38.1 Å². The van der Waals surface area contributed by atoms with E-state index in [0.29, 0.717) is 28.1 Å². The smallest absolute Gasteiger partial charge is 0.478 e. The molecular weight excluding hydrogens is 349 g/mol. The number of carboxylic acid groups (broad SMARTS) is 1. The standard InChI is InChI=1S/C20H19BF2N2O2/c1-11-9-13(3)24-18(11)17(15-7-5-6-8-16(15)20(26)27)19-12(2)10-14(4)25(19)21(22)23/h5-10H,1-4H3,(H,26,27)/b18-17-. The molecular formula is C20H19BF2N2O2. The zero-order chi connectivity index (χ0) is 19.9. The van der Waals surface area contributed by atoms with Gasteiger partial charge in [-0.25, -0.2) is 4.79 Å². The fourth-order valence-corrected chi connectivity index (χ4v) is 3.57. The summed E-state index contributed by atoms with van der Waals surface area (Å²) in [5.41, 5.74) is 4.23. The van der Waals surface area contributed by atoms with Crippen molar-refractivity contribution in [3.05, 3.63) is 75.8 Å². The number of hydrogen-bond acceptors (Lipinski definition) is 2. The first-order valence-electron chi connectivity index (χ1n) is 8.50. The van der Waals surface area contributed by atoms with Crippen LogP contribution in [0.3, 0.4) is 0 Å². The minimum atomic E-state index is -2.75. The van der Waals surface area contributed by atoms with Gasteiger partial charge in [-0.2, -0.15) is 0 Å². The Balaban J connectivity index is 2.47. The molecule has 0 radical (unpaired) electrons. The molecule has 7 heteroatoms. The Morgan fingerprint density at radius 2 is 1.74 bits per heavy atom. The Morgan fingerprint density at radius 1 is 1.11 bits per heavy atom. The van der Waals surface area contributed by atoms with Crippen LogP contribution in [0.15, 0.2) is 52.7 Å². The highest BCUT2D eigenvalue weighted by atomic mass is 19.2. The van der Waals surface area contributed by atoms with Gasteiger partial charge in [-0.1, -0.05) is 18.2 Å². The summed E-state index contributed by atoms with van der Waals surface area (Å²) in [6, 6.07) is 8.10. The van der Waals surface area contributed by atoms with Crippen molar-refractivity contribution in [2.24, 2.45) is 4.99 Å². The van der Waals surface area contributed by atoms with E-state index in [4.69, 9.17) is 0 Å². The number of halogens is 2. The third-order valence-electron chi connectivity index (χ3n) is 4.60. The van der Waals surface area contributed by atoms with Crippen LogP contribution in [0.2, 0.25) is 0 Å². The average molecular weight is 368 g/mol. The maximum Gasteiger partial charge on any atom is 0.677 e. The summed E-state index contributed by atoms with van der Waals surface area (Å²) in [6.07, 6.45) is 1.86. The van der Waals surface area contributed by atoms with E-state index in [1.807, 2.05) is 19.9 Å². The molecule has 3 rings (SSSR count). The molecule has 0 aliphatic carbocycles. The molecule has 0 spiro atoms. The number of carbonyl (C=O) groups is 1. The third kappa shape index (κ3) is 3.25. The van der Waals surface area contributed by atoms with E-state index < -0.39 is 13.4 Å². The van der Waals surface area contributed by atoms with Gasteiger partial charge in [0.2, 0.25) is 0 Å². The topological polar surface area (TPSA) is 54.6 Å². The number of carboxylic acids is 1. The van der Waals surface area contributed by atoms with Gasteiger partial charge in [0.05, 0.1) is 11.3 Å². The molecule has 0 atom stereocenters. The zero-order valence-corrected chi connectivity index (χ0v) is 15.5. The maximum absolute atomic E-state index is 13.9. The minimum absolute atomic E-state index is 0.0478. The maximum atomic E-state index is 13.9. The molecule has 1 aliphatic rings. The molecule has 1 aromatic carbocycles. The lowest BCUT2D eigenvalue weighted by Crippen LogP contribution is -2.19. The number of hydrogen-bond donors (Lipinski definition) is 1. The van der Waals surface area contributed by atoms with E-state index in [9.17, 15) is 18.5 Å². The molecule has 1 aliphatic heterocycles. The van der Waals surface area contributed by atoms with Crippen LogP contribution >= 0.6 is 0 Å². The largest absolute Gasteiger partial charge is 0.677 e. The number of nitrogens with zero attached hydrogens (tertiary/aromatic N) is 2. The Labute approximate surface area is 156 Å². The van der Waals surface area contributed by atoms with E-state index >= 15 is 0 Å². The Morgan fingerprint density at radius 3 is 2.26 bits per heavy atom. The first-order chi connectivity index (χ1) is 12.7. The summed E-state index contributed by atoms with van der Waals surface area (Å²) in [5, 5.41) is 9.65. The van der Waals surface area contributed by atoms with Gasteiger partial charge < -0.3 is 9.58 Å². The lowest BCUT2D eigenvalue weighted by molar-refractivity contribution is 0.0696. The van der Waals surface area contributed by atoms with Gasteiger partial charge in [0.25, 0.3) is 0 Å². The normalized spacial score (nSPS) is 15.5. The van der Waals surface area contributed by atoms with Gasteiger partial charge in [-0.05, 0) is 57.0 Å². The van der Waals surface area contributed by atoms with Crippen molar-refractivity contribution in [2.75, 3.05) is 0 Å². The molecule has 1 N–H and O–H groups in total. The Hall–Kier alpha value is -2.96. The van der Waals surface area contributed by atoms with E-state index in [-0.39, 0.29) is 11.3 Å². The van der Waals surface area contributed by atoms with Crippen LogP contribution in [0.25, 0.3) is 5.57 Å². The molecule has 0 saturated heterocycles. The summed E-state index contributed by atoms with van der Waals surface area (Å²) in [5.74, 6) is -1.12. The fourth-order valence-electron chi connectivity index (χ4n) is 3.57. The predicted molar refractivity (Wildman–Crippen MR) is 104 cm³/mol. The van der Waals surface area contributed by atoms with Crippen molar-refractivity contribution in [1.29, 1.82) is 0 Å². The van der Waals surface area contributed by atoms with Gasteiger partial charge in [0.1, 0.15) is 0 Å². The molecule has 27 heavy (non-hydrogen) atoms. The van der Waals surface area contributed by atoms with Gasteiger partial charge in [-0.15, -0.1) is 0 Å². The minimum Gasteiger partial charge on any atom is -0.478 e. The fraction of sp³-hybridized carbons (Fsp3) is 0.200. The van der Waals surface area contributed by atoms with Crippen molar-refractivity contribution < 1.29 is 18.5 Å². The average Bonchev–Trinajstić information content (AvgIpc) is 3.07. The number of aryl methyl sites for hydroxylation is 2. The van der Waals surface area contributed by atoms with Crippen molar-refractivity contribution >= 4 is 24.7 Å². The molecule has 0 bridgehead atoms. The Kier molecular flexibility index (Phi) is 4.87. The molecule has 2 aromatic rings. The summed E-state index contributed by atoms with van der Waals surface area (Å²) < 4.78 is 28.7. The SMILES string of the molecule is CC1=CC(C)=N/C1=C(/c1ccccc1C(=O)O)c1c(C)cc(C)n1B(F)F. The molecule has 138 valence electrons. The molecule has 2 heterocycles. The van der Waals surface area contributed by atoms with Crippen molar-refractivity contribution in [3.8, 4) is 0 Å². The van der Waals surface area contributed by atoms with Gasteiger partial charge in [0, 0.05) is 28.2 Å². The second kappa shape index (κ2) is 6.98. The lowest BCUT2D eigenvalue weighted by atomic mass is 9.91. The third-order valence-corrected chi connectivity index (χ3v) is 4.60. The molecule has 0 amide bonds.